The van der Waals surface area contributed by atoms with Crippen LogP contribution in [-0.2, 0) is 4.79 Å². The number of halogens is 1. The molecule has 1 aromatic carbocycles. The number of nitrogens with zero attached hydrogens (tertiary/aromatic N) is 1. The molecule has 1 heterocycles. The summed E-state index contributed by atoms with van der Waals surface area (Å²) in [5, 5.41) is 5.52. The Bertz CT molecular complexity index is 533. The first kappa shape index (κ1) is 15.3. The molecule has 6 heteroatoms. The zero-order valence-corrected chi connectivity index (χ0v) is 12.2. The van der Waals surface area contributed by atoms with E-state index in [9.17, 15) is 14.0 Å². The number of nitrogens with one attached hydrogen (secondary N) is 2. The van der Waals surface area contributed by atoms with Crippen LogP contribution in [0.15, 0.2) is 24.3 Å². The van der Waals surface area contributed by atoms with E-state index in [4.69, 9.17) is 0 Å². The average Bonchev–Trinajstić information content (AvgIpc) is 2.77. The molecule has 0 spiro atoms. The van der Waals surface area contributed by atoms with E-state index in [0.717, 1.165) is 0 Å². The zero-order chi connectivity index (χ0) is 15.4. The number of amides is 3. The third kappa shape index (κ3) is 4.18. The normalized spacial score (nSPS) is 18.2. The Kier molecular flexibility index (Phi) is 4.77. The molecule has 1 aliphatic rings. The summed E-state index contributed by atoms with van der Waals surface area (Å²) in [6.07, 6.45) is 0.228. The van der Waals surface area contributed by atoms with Crippen molar-refractivity contribution in [2.45, 2.75) is 26.3 Å². The molecular weight excluding hydrogens is 273 g/mol. The molecule has 1 aliphatic heterocycles. The van der Waals surface area contributed by atoms with Crippen LogP contribution in [0.3, 0.4) is 0 Å². The van der Waals surface area contributed by atoms with Gasteiger partial charge in [0.05, 0.1) is 6.04 Å². The van der Waals surface area contributed by atoms with Crippen LogP contribution in [0.5, 0.6) is 0 Å². The van der Waals surface area contributed by atoms with Crippen LogP contribution < -0.4 is 15.5 Å². The Hall–Kier alpha value is -2.11. The van der Waals surface area contributed by atoms with Crippen LogP contribution in [0.1, 0.15) is 20.3 Å². The third-order valence-corrected chi connectivity index (χ3v) is 3.25. The van der Waals surface area contributed by atoms with E-state index in [1.54, 1.807) is 12.1 Å². The summed E-state index contributed by atoms with van der Waals surface area (Å²) >= 11 is 0. The molecule has 114 valence electrons. The van der Waals surface area contributed by atoms with Crippen LogP contribution in [0.2, 0.25) is 0 Å². The van der Waals surface area contributed by atoms with Crippen LogP contribution in [0.25, 0.3) is 0 Å². The first-order valence-electron chi connectivity index (χ1n) is 7.06. The van der Waals surface area contributed by atoms with Gasteiger partial charge in [0.25, 0.3) is 0 Å². The molecule has 0 aromatic heterocycles. The maximum absolute atomic E-state index is 13.2. The Balaban J connectivity index is 1.92. The van der Waals surface area contributed by atoms with E-state index in [1.807, 2.05) is 13.8 Å². The van der Waals surface area contributed by atoms with E-state index >= 15 is 0 Å². The Morgan fingerprint density at radius 3 is 2.90 bits per heavy atom. The highest BCUT2D eigenvalue weighted by Gasteiger charge is 2.31. The molecular formula is C15H20FN3O2. The summed E-state index contributed by atoms with van der Waals surface area (Å²) in [5.41, 5.74) is 0.520. The van der Waals surface area contributed by atoms with Crippen molar-refractivity contribution < 1.29 is 14.0 Å². The zero-order valence-electron chi connectivity index (χ0n) is 12.2. The van der Waals surface area contributed by atoms with Crippen molar-refractivity contribution in [3.63, 3.8) is 0 Å². The molecule has 0 radical (unpaired) electrons. The lowest BCUT2D eigenvalue weighted by atomic mass is 10.2. The number of hydrogen-bond donors (Lipinski definition) is 2. The monoisotopic (exact) mass is 293 g/mol. The lowest BCUT2D eigenvalue weighted by Gasteiger charge is -2.17. The highest BCUT2D eigenvalue weighted by molar-refractivity contribution is 5.96. The molecule has 0 unspecified atom stereocenters. The maximum Gasteiger partial charge on any atom is 0.315 e. The van der Waals surface area contributed by atoms with Gasteiger partial charge in [-0.2, -0.15) is 0 Å². The van der Waals surface area contributed by atoms with Crippen molar-refractivity contribution in [1.82, 2.24) is 10.6 Å². The minimum absolute atomic E-state index is 0.116. The molecule has 1 fully saturated rings. The smallest absolute Gasteiger partial charge is 0.315 e. The molecule has 2 N–H and O–H groups in total. The molecule has 0 aliphatic carbocycles. The summed E-state index contributed by atoms with van der Waals surface area (Å²) in [4.78, 5) is 25.2. The number of urea groups is 1. The average molecular weight is 293 g/mol. The summed E-state index contributed by atoms with van der Waals surface area (Å²) in [6.45, 7) is 4.95. The SMILES string of the molecule is CC(C)CNC(=O)N[C@@H]1CC(=O)N(c2cccc(F)c2)C1. The highest BCUT2D eigenvalue weighted by Crippen LogP contribution is 2.22. The van der Waals surface area contributed by atoms with Crippen LogP contribution >= 0.6 is 0 Å². The number of benzene rings is 1. The first-order chi connectivity index (χ1) is 9.95. The first-order valence-corrected chi connectivity index (χ1v) is 7.06. The standard InChI is InChI=1S/C15H20FN3O2/c1-10(2)8-17-15(21)18-12-7-14(20)19(9-12)13-5-3-4-11(16)6-13/h3-6,10,12H,7-9H2,1-2H3,(H2,17,18,21)/t12-/m1/s1. The Labute approximate surface area is 123 Å². The van der Waals surface area contributed by atoms with Crippen molar-refractivity contribution in [2.75, 3.05) is 18.0 Å². The second kappa shape index (κ2) is 6.56. The van der Waals surface area contributed by atoms with Crippen LogP contribution in [0.4, 0.5) is 14.9 Å². The van der Waals surface area contributed by atoms with Crippen molar-refractivity contribution >= 4 is 17.6 Å². The molecule has 0 saturated carbocycles. The Morgan fingerprint density at radius 2 is 2.24 bits per heavy atom. The topological polar surface area (TPSA) is 61.4 Å². The number of rotatable bonds is 4. The molecule has 2 rings (SSSR count). The minimum atomic E-state index is -0.383. The molecule has 21 heavy (non-hydrogen) atoms. The van der Waals surface area contributed by atoms with Gasteiger partial charge in [0.15, 0.2) is 0 Å². The van der Waals surface area contributed by atoms with Crippen molar-refractivity contribution in [3.05, 3.63) is 30.1 Å². The van der Waals surface area contributed by atoms with Gasteiger partial charge in [0, 0.05) is 25.2 Å². The Morgan fingerprint density at radius 1 is 1.48 bits per heavy atom. The molecule has 1 saturated heterocycles. The third-order valence-electron chi connectivity index (χ3n) is 3.25. The van der Waals surface area contributed by atoms with E-state index in [0.29, 0.717) is 24.7 Å². The van der Waals surface area contributed by atoms with E-state index in [-0.39, 0.29) is 30.2 Å². The second-order valence-corrected chi connectivity index (χ2v) is 5.63. The summed E-state index contributed by atoms with van der Waals surface area (Å²) < 4.78 is 13.2. The van der Waals surface area contributed by atoms with Gasteiger partial charge < -0.3 is 15.5 Å². The predicted octanol–water partition coefficient (Wildman–Crippen LogP) is 1.89. The largest absolute Gasteiger partial charge is 0.338 e. The van der Waals surface area contributed by atoms with Gasteiger partial charge in [-0.3, -0.25) is 4.79 Å². The van der Waals surface area contributed by atoms with E-state index in [2.05, 4.69) is 10.6 Å². The second-order valence-electron chi connectivity index (χ2n) is 5.63. The van der Waals surface area contributed by atoms with Crippen molar-refractivity contribution in [3.8, 4) is 0 Å². The molecule has 5 nitrogen and oxygen atoms in total. The van der Waals surface area contributed by atoms with Gasteiger partial charge in [0.1, 0.15) is 5.82 Å². The predicted molar refractivity (Wildman–Crippen MR) is 78.5 cm³/mol. The van der Waals surface area contributed by atoms with E-state index in [1.165, 1.54) is 17.0 Å². The van der Waals surface area contributed by atoms with Crippen LogP contribution in [-0.4, -0.2) is 31.1 Å². The minimum Gasteiger partial charge on any atom is -0.338 e. The number of carbonyl (C=O) groups is 2. The fourth-order valence-corrected chi connectivity index (χ4v) is 2.23. The van der Waals surface area contributed by atoms with Gasteiger partial charge in [-0.05, 0) is 24.1 Å². The number of hydrogen-bond acceptors (Lipinski definition) is 2. The van der Waals surface area contributed by atoms with Gasteiger partial charge >= 0.3 is 6.03 Å². The highest BCUT2D eigenvalue weighted by atomic mass is 19.1. The fraction of sp³-hybridized carbons (Fsp3) is 0.467. The van der Waals surface area contributed by atoms with E-state index < -0.39 is 0 Å². The molecule has 3 amide bonds. The number of anilines is 1. The van der Waals surface area contributed by atoms with Gasteiger partial charge in [-0.25, -0.2) is 9.18 Å². The number of carbonyl (C=O) groups excluding carboxylic acids is 2. The lowest BCUT2D eigenvalue weighted by Crippen LogP contribution is -2.44. The lowest BCUT2D eigenvalue weighted by molar-refractivity contribution is -0.117. The fourth-order valence-electron chi connectivity index (χ4n) is 2.23. The summed E-state index contributed by atoms with van der Waals surface area (Å²) in [7, 11) is 0. The quantitative estimate of drug-likeness (QED) is 0.890. The summed E-state index contributed by atoms with van der Waals surface area (Å²) in [6, 6.07) is 5.37. The molecule has 0 bridgehead atoms. The maximum atomic E-state index is 13.2. The van der Waals surface area contributed by atoms with Crippen molar-refractivity contribution in [2.24, 2.45) is 5.92 Å². The molecule has 1 atom stereocenters. The van der Waals surface area contributed by atoms with Gasteiger partial charge in [0.2, 0.25) is 5.91 Å². The van der Waals surface area contributed by atoms with Gasteiger partial charge in [-0.15, -0.1) is 0 Å². The van der Waals surface area contributed by atoms with Crippen LogP contribution in [0, 0.1) is 11.7 Å². The van der Waals surface area contributed by atoms with Gasteiger partial charge in [-0.1, -0.05) is 19.9 Å². The summed E-state index contributed by atoms with van der Waals surface area (Å²) in [5.74, 6) is -0.133. The van der Waals surface area contributed by atoms with Crippen molar-refractivity contribution in [1.29, 1.82) is 0 Å². The molecule has 1 aromatic rings.